The summed E-state index contributed by atoms with van der Waals surface area (Å²) in [7, 11) is 0. The number of aliphatic hydroxyl groups is 6. The van der Waals surface area contributed by atoms with Crippen LogP contribution < -0.4 is 4.74 Å². The van der Waals surface area contributed by atoms with Gasteiger partial charge in [-0.05, 0) is 46.4 Å². The highest BCUT2D eigenvalue weighted by Gasteiger charge is 2.66. The van der Waals surface area contributed by atoms with Gasteiger partial charge in [-0.25, -0.2) is 0 Å². The van der Waals surface area contributed by atoms with Gasteiger partial charge in [0.15, 0.2) is 129 Å². The summed E-state index contributed by atoms with van der Waals surface area (Å²) in [6.07, 6.45) is -78.9. The smallest absolute Gasteiger partial charge is 0.307 e. The van der Waals surface area contributed by atoms with Crippen molar-refractivity contribution in [2.24, 2.45) is 11.8 Å². The van der Waals surface area contributed by atoms with Gasteiger partial charge >= 0.3 is 95.5 Å². The molecule has 24 rings (SSSR count). The third kappa shape index (κ3) is 26.6. The average molecular weight is 2020 g/mol. The van der Waals surface area contributed by atoms with Gasteiger partial charge in [0.25, 0.3) is 0 Å². The molecule has 141 heavy (non-hydrogen) atoms. The van der Waals surface area contributed by atoms with Crippen LogP contribution in [0.4, 0.5) is 0 Å². The Kier molecular flexibility index (Phi) is 38.1. The number of carbonyl (C=O) groups excluding carboxylic acids is 14. The molecule has 1 aliphatic carbocycles. The molecule has 2 aromatic rings. The Balaban J connectivity index is 1.13. The lowest BCUT2D eigenvalue weighted by molar-refractivity contribution is -0.396. The maximum absolute atomic E-state index is 14.1. The molecule has 14 bridgehead atoms. The number of benzene rings is 2. The molecule has 784 valence electrons. The first-order valence-corrected chi connectivity index (χ1v) is 44.5. The first-order chi connectivity index (χ1) is 66.7. The van der Waals surface area contributed by atoms with E-state index in [-0.39, 0.29) is 12.2 Å². The number of ether oxygens (including phenoxy) is 29. The summed E-state index contributed by atoms with van der Waals surface area (Å²) in [6, 6.07) is 7.62. The van der Waals surface area contributed by atoms with E-state index in [1.54, 1.807) is 25.1 Å². The third-order valence-electron chi connectivity index (χ3n) is 23.7. The van der Waals surface area contributed by atoms with Gasteiger partial charge in [0.05, 0.1) is 52.0 Å². The second kappa shape index (κ2) is 48.5. The van der Waals surface area contributed by atoms with Crippen molar-refractivity contribution in [3.8, 4) is 5.75 Å². The molecule has 21 saturated heterocycles. The topological polar surface area (TPSA) is 703 Å². The molecule has 0 radical (unpaired) electrons. The molecule has 53 nitrogen and oxygen atoms in total. The van der Waals surface area contributed by atoms with E-state index in [1.165, 1.54) is 12.1 Å². The summed E-state index contributed by atoms with van der Waals surface area (Å²) < 4.78 is 180. The van der Waals surface area contributed by atoms with Gasteiger partial charge in [0.1, 0.15) is 97.8 Å². The van der Waals surface area contributed by atoms with Gasteiger partial charge in [-0.2, -0.15) is 0 Å². The van der Waals surface area contributed by atoms with Crippen molar-refractivity contribution in [3.05, 3.63) is 41.5 Å². The number of rotatable bonds is 26. The normalized spacial score (nSPS) is 36.9. The summed E-state index contributed by atoms with van der Waals surface area (Å²) in [4.78, 5) is 218. The highest BCUT2D eigenvalue weighted by molar-refractivity contribution is 5.90. The number of hydrogen-bond donors (Lipinski definition) is 8. The molecule has 0 amide bonds. The minimum Gasteiger partial charge on any atom is -0.491 e. The highest BCUT2D eigenvalue weighted by atomic mass is 16.8. The van der Waals surface area contributed by atoms with E-state index in [9.17, 15) is 118 Å². The summed E-state index contributed by atoms with van der Waals surface area (Å²) in [5.41, 5.74) is 1.03. The molecule has 38 atom stereocenters. The molecule has 8 N–H and O–H groups in total. The predicted molar refractivity (Wildman–Crippen MR) is 443 cm³/mol. The maximum atomic E-state index is 14.1. The lowest BCUT2D eigenvalue weighted by atomic mass is 9.67. The van der Waals surface area contributed by atoms with Crippen LogP contribution in [0.25, 0.3) is 10.8 Å². The number of carboxylic acids is 2. The van der Waals surface area contributed by atoms with E-state index in [0.29, 0.717) is 21.9 Å². The zero-order chi connectivity index (χ0) is 103. The van der Waals surface area contributed by atoms with Gasteiger partial charge in [0, 0.05) is 103 Å². The van der Waals surface area contributed by atoms with E-state index in [2.05, 4.69) is 0 Å². The Bertz CT molecular complexity index is 4740. The van der Waals surface area contributed by atoms with Gasteiger partial charge in [-0.1, -0.05) is 25.1 Å². The highest BCUT2D eigenvalue weighted by Crippen LogP contribution is 2.48. The van der Waals surface area contributed by atoms with Crippen LogP contribution in [0, 0.1) is 11.8 Å². The predicted octanol–water partition coefficient (Wildman–Crippen LogP) is -3.55. The zero-order valence-electron chi connectivity index (χ0n) is 78.6. The monoisotopic (exact) mass is 2020 g/mol. The fraction of sp³-hybridized carbons (Fsp3) is 0.705. The summed E-state index contributed by atoms with van der Waals surface area (Å²) in [6.45, 7) is 4.44. The van der Waals surface area contributed by atoms with Crippen LogP contribution in [-0.2, 0) is 216 Å². The van der Waals surface area contributed by atoms with Crippen molar-refractivity contribution in [2.45, 2.75) is 338 Å². The van der Waals surface area contributed by atoms with Crippen LogP contribution in [0.3, 0.4) is 0 Å². The van der Waals surface area contributed by atoms with Crippen LogP contribution in [0.1, 0.15) is 127 Å². The van der Waals surface area contributed by atoms with Gasteiger partial charge in [-0.15, -0.1) is 0 Å². The molecular weight excluding hydrogens is 1900 g/mol. The molecule has 0 saturated carbocycles. The summed E-state index contributed by atoms with van der Waals surface area (Å²) in [5, 5.41) is 91.1. The SMILES string of the molecule is CC(=O)OC1C2OC(CO)C(OC3OC(CO)C(OC4OC(CO)C(OC5OC(CO)C(OC6OC(COc7ccc8c9c(ccc8c7)C(CC(=O)O)C(C(=O)O)C(C)C9)C(OC7OC(CO)C(OC8OC(CO)C(O2)C(OC(C)=O)C8OC(C)=O)C(OC(C)=O)C7OC(C)=O)C(OC(C)=O)C6OC(C)=O)C(OC(C)=O)C5OC(C)=O)C(OC(C)=O)C4OC(C)=O)C(OC(C)=O)C3OC(C)=O)C1OC(C)=O. The second-order valence-electron chi connectivity index (χ2n) is 34.2. The fourth-order valence-electron chi connectivity index (χ4n) is 18.8. The minimum atomic E-state index is -2.40. The average Bonchev–Trinajstić information content (AvgIpc) is 0.803. The first kappa shape index (κ1) is 111. The number of fused-ring (bicyclic) bond motifs is 3. The third-order valence-corrected chi connectivity index (χ3v) is 23.7. The molecule has 38 unspecified atom stereocenters. The van der Waals surface area contributed by atoms with E-state index >= 15 is 0 Å². The van der Waals surface area contributed by atoms with Crippen molar-refractivity contribution in [1.82, 2.24) is 0 Å². The number of carboxylic acid groups (broad SMARTS) is 2. The number of carbonyl (C=O) groups is 16. The van der Waals surface area contributed by atoms with Crippen molar-refractivity contribution in [3.63, 3.8) is 0 Å². The lowest BCUT2D eigenvalue weighted by Crippen LogP contribution is -2.70. The van der Waals surface area contributed by atoms with Crippen LogP contribution in [-0.4, -0.2) is 398 Å². The number of esters is 14. The Hall–Kier alpha value is -10.8. The standard InChI is InChI=1S/C88H114O53/c1-30-20-49-47-19-17-46(21-45(47)16-18-48(49)50(22-58(109)110)59(30)81(111)112)113-29-57-66-73(120-37(8)101)80(127-44(15)108)88(134-57)140-65-56(28-94)132-86(78(125-42(13)106)72(65)119-36(7)100)138-63-54(26-92)130-84(76(123-40(11)104)70(63)117-34(5)98)136-61-52(24-90)128-82(74(121-38(9)102)68(61)115-32(3)96)135-60-51(23-89)129-83(75(122-39(10)103)67(60)114-31(2)95)137-62-53(25-91)131-85(77(124-41(12)105)69(62)116-33(4)97)139-64-55(27-93)133-87(141-66)79(126-43(14)107)71(64)118-35(6)99/h16-19,21,30,50-57,59-80,82-94H,20,22-29H2,1-15H3,(H,109,110)(H,111,112). The first-order valence-electron chi connectivity index (χ1n) is 44.5. The Morgan fingerprint density at radius 2 is 0.496 bits per heavy atom. The Morgan fingerprint density at radius 1 is 0.284 bits per heavy atom. The Labute approximate surface area is 801 Å². The number of aliphatic hydroxyl groups excluding tert-OH is 6. The van der Waals surface area contributed by atoms with E-state index < -0.39 is 381 Å². The van der Waals surface area contributed by atoms with Crippen LogP contribution in [0.5, 0.6) is 5.75 Å². The molecule has 2 aromatic carbocycles. The number of aliphatic carboxylic acids is 2. The second-order valence-corrected chi connectivity index (χ2v) is 34.2. The van der Waals surface area contributed by atoms with Crippen molar-refractivity contribution in [1.29, 1.82) is 0 Å². The molecule has 21 aliphatic heterocycles. The van der Waals surface area contributed by atoms with Crippen LogP contribution >= 0.6 is 0 Å². The molecule has 21 fully saturated rings. The quantitative estimate of drug-likeness (QED) is 0.0334. The van der Waals surface area contributed by atoms with E-state index in [0.717, 1.165) is 96.9 Å². The fourth-order valence-corrected chi connectivity index (χ4v) is 18.8. The molecule has 0 aromatic heterocycles. The van der Waals surface area contributed by atoms with Gasteiger partial charge < -0.3 is 178 Å². The van der Waals surface area contributed by atoms with Crippen molar-refractivity contribution < 1.29 is 255 Å². The van der Waals surface area contributed by atoms with Crippen LogP contribution in [0.2, 0.25) is 0 Å². The van der Waals surface area contributed by atoms with Crippen molar-refractivity contribution in [2.75, 3.05) is 46.2 Å². The van der Waals surface area contributed by atoms with E-state index in [4.69, 9.17) is 137 Å². The van der Waals surface area contributed by atoms with Gasteiger partial charge in [-0.3, -0.25) is 76.7 Å². The van der Waals surface area contributed by atoms with Crippen LogP contribution in [0.15, 0.2) is 30.3 Å². The Morgan fingerprint density at radius 3 is 0.702 bits per heavy atom. The maximum Gasteiger partial charge on any atom is 0.307 e. The van der Waals surface area contributed by atoms with E-state index in [1.807, 2.05) is 0 Å². The van der Waals surface area contributed by atoms with Gasteiger partial charge in [0.2, 0.25) is 0 Å². The minimum absolute atomic E-state index is 0.0604. The molecular formula is C88H114O53. The number of hydrogen-bond acceptors (Lipinski definition) is 51. The summed E-state index contributed by atoms with van der Waals surface area (Å²) >= 11 is 0. The molecule has 53 heteroatoms. The molecule has 21 heterocycles. The summed E-state index contributed by atoms with van der Waals surface area (Å²) in [5.74, 6) is -22.9. The largest absolute Gasteiger partial charge is 0.491 e. The lowest BCUT2D eigenvalue weighted by Gasteiger charge is -2.51. The molecule has 22 aliphatic rings. The van der Waals surface area contributed by atoms with Crippen molar-refractivity contribution >= 4 is 106 Å². The molecule has 0 spiro atoms. The zero-order valence-corrected chi connectivity index (χ0v) is 78.6.